The average Bonchev–Trinajstić information content (AvgIpc) is 2.54. The molecule has 0 aliphatic heterocycles. The number of methoxy groups -OCH3 is 1. The van der Waals surface area contributed by atoms with Gasteiger partial charge in [0.15, 0.2) is 0 Å². The second-order valence-electron chi connectivity index (χ2n) is 4.66. The average molecular weight is 301 g/mol. The maximum absolute atomic E-state index is 12.0. The molecule has 1 amide bonds. The van der Waals surface area contributed by atoms with Crippen molar-refractivity contribution >= 4 is 17.7 Å². The summed E-state index contributed by atoms with van der Waals surface area (Å²) in [6, 6.07) is 17.7. The molecule has 110 valence electrons. The summed E-state index contributed by atoms with van der Waals surface area (Å²) in [6.45, 7) is 1.99. The first kappa shape index (κ1) is 15.4. The fourth-order valence-electron chi connectivity index (χ4n) is 1.93. The molecule has 0 fully saturated rings. The topological polar surface area (TPSA) is 38.3 Å². The summed E-state index contributed by atoms with van der Waals surface area (Å²) in [5.41, 5.74) is 1.11. The molecule has 2 rings (SSSR count). The molecule has 1 N–H and O–H groups in total. The van der Waals surface area contributed by atoms with Gasteiger partial charge in [0.05, 0.1) is 18.9 Å². The largest absolute Gasteiger partial charge is 0.497 e. The molecule has 1 atom stereocenters. The predicted octanol–water partition coefficient (Wildman–Crippen LogP) is 3.66. The highest BCUT2D eigenvalue weighted by molar-refractivity contribution is 8.00. The molecule has 0 bridgehead atoms. The molecule has 0 radical (unpaired) electrons. The van der Waals surface area contributed by atoms with Crippen LogP contribution in [0.3, 0.4) is 0 Å². The smallest absolute Gasteiger partial charge is 0.230 e. The van der Waals surface area contributed by atoms with Crippen LogP contribution in [-0.4, -0.2) is 18.8 Å². The van der Waals surface area contributed by atoms with Crippen molar-refractivity contribution in [2.45, 2.75) is 17.9 Å². The summed E-state index contributed by atoms with van der Waals surface area (Å²) in [4.78, 5) is 13.0. The van der Waals surface area contributed by atoms with Crippen molar-refractivity contribution in [3.63, 3.8) is 0 Å². The molecule has 4 heteroatoms. The summed E-state index contributed by atoms with van der Waals surface area (Å²) in [6.07, 6.45) is 0. The molecule has 0 heterocycles. The van der Waals surface area contributed by atoms with E-state index in [9.17, 15) is 4.79 Å². The van der Waals surface area contributed by atoms with E-state index in [0.29, 0.717) is 5.75 Å². The first-order valence-corrected chi connectivity index (χ1v) is 7.79. The summed E-state index contributed by atoms with van der Waals surface area (Å²) in [5, 5.41) is 3.00. The van der Waals surface area contributed by atoms with Crippen LogP contribution >= 0.6 is 11.8 Å². The van der Waals surface area contributed by atoms with Gasteiger partial charge < -0.3 is 10.1 Å². The van der Waals surface area contributed by atoms with Crippen molar-refractivity contribution < 1.29 is 9.53 Å². The number of amides is 1. The van der Waals surface area contributed by atoms with Gasteiger partial charge in [-0.25, -0.2) is 0 Å². The van der Waals surface area contributed by atoms with Crippen LogP contribution in [0.4, 0.5) is 0 Å². The number of carbonyl (C=O) groups is 1. The predicted molar refractivity (Wildman–Crippen MR) is 86.7 cm³/mol. The standard InChI is InChI=1S/C17H19NO2S/c1-13(14-6-4-3-5-7-14)18-17(19)12-21-16-10-8-15(20-2)9-11-16/h3-11,13H,12H2,1-2H3,(H,18,19). The van der Waals surface area contributed by atoms with Crippen LogP contribution in [0.2, 0.25) is 0 Å². The Balaban J connectivity index is 1.81. The van der Waals surface area contributed by atoms with Crippen LogP contribution in [0.1, 0.15) is 18.5 Å². The van der Waals surface area contributed by atoms with Crippen LogP contribution < -0.4 is 10.1 Å². The maximum atomic E-state index is 12.0. The van der Waals surface area contributed by atoms with Crippen molar-refractivity contribution in [2.75, 3.05) is 12.9 Å². The summed E-state index contributed by atoms with van der Waals surface area (Å²) >= 11 is 1.52. The van der Waals surface area contributed by atoms with Crippen LogP contribution in [0.15, 0.2) is 59.5 Å². The summed E-state index contributed by atoms with van der Waals surface area (Å²) in [7, 11) is 1.64. The molecule has 21 heavy (non-hydrogen) atoms. The van der Waals surface area contributed by atoms with Gasteiger partial charge in [0, 0.05) is 4.90 Å². The highest BCUT2D eigenvalue weighted by Crippen LogP contribution is 2.21. The van der Waals surface area contributed by atoms with Crippen LogP contribution in [0.5, 0.6) is 5.75 Å². The van der Waals surface area contributed by atoms with Gasteiger partial charge in [-0.3, -0.25) is 4.79 Å². The Hall–Kier alpha value is -1.94. The monoisotopic (exact) mass is 301 g/mol. The van der Waals surface area contributed by atoms with E-state index >= 15 is 0 Å². The molecule has 0 aromatic heterocycles. The van der Waals surface area contributed by atoms with Crippen molar-refractivity contribution in [3.05, 3.63) is 60.2 Å². The third-order valence-electron chi connectivity index (χ3n) is 3.11. The van der Waals surface area contributed by atoms with E-state index in [2.05, 4.69) is 5.32 Å². The van der Waals surface area contributed by atoms with Crippen molar-refractivity contribution in [3.8, 4) is 5.75 Å². The van der Waals surface area contributed by atoms with Crippen LogP contribution in [0, 0.1) is 0 Å². The second-order valence-corrected chi connectivity index (χ2v) is 5.71. The molecule has 0 saturated carbocycles. The zero-order valence-corrected chi connectivity index (χ0v) is 13.0. The number of hydrogen-bond donors (Lipinski definition) is 1. The SMILES string of the molecule is COc1ccc(SCC(=O)NC(C)c2ccccc2)cc1. The summed E-state index contributed by atoms with van der Waals surface area (Å²) in [5.74, 6) is 1.26. The molecular formula is C17H19NO2S. The van der Waals surface area contributed by atoms with Crippen LogP contribution in [0.25, 0.3) is 0 Å². The molecule has 0 aliphatic carbocycles. The third kappa shape index (κ3) is 4.83. The minimum atomic E-state index is 0.0233. The van der Waals surface area contributed by atoms with Gasteiger partial charge in [0.25, 0.3) is 0 Å². The van der Waals surface area contributed by atoms with Crippen molar-refractivity contribution in [2.24, 2.45) is 0 Å². The number of carbonyl (C=O) groups excluding carboxylic acids is 1. The quantitative estimate of drug-likeness (QED) is 0.827. The Morgan fingerprint density at radius 1 is 1.14 bits per heavy atom. The van der Waals surface area contributed by atoms with Crippen molar-refractivity contribution in [1.29, 1.82) is 0 Å². The molecule has 0 saturated heterocycles. The number of nitrogens with one attached hydrogen (secondary N) is 1. The first-order chi connectivity index (χ1) is 10.2. The third-order valence-corrected chi connectivity index (χ3v) is 4.12. The highest BCUT2D eigenvalue weighted by Gasteiger charge is 2.09. The van der Waals surface area contributed by atoms with Gasteiger partial charge in [0.1, 0.15) is 5.75 Å². The lowest BCUT2D eigenvalue weighted by Crippen LogP contribution is -2.28. The Bertz CT molecular complexity index is 569. The normalized spacial score (nSPS) is 11.7. The Morgan fingerprint density at radius 3 is 2.43 bits per heavy atom. The summed E-state index contributed by atoms with van der Waals surface area (Å²) < 4.78 is 5.11. The van der Waals surface area contributed by atoms with E-state index in [1.54, 1.807) is 7.11 Å². The maximum Gasteiger partial charge on any atom is 0.230 e. The van der Waals surface area contributed by atoms with Gasteiger partial charge in [-0.1, -0.05) is 30.3 Å². The van der Waals surface area contributed by atoms with Gasteiger partial charge in [-0.15, -0.1) is 11.8 Å². The molecule has 3 nitrogen and oxygen atoms in total. The number of benzene rings is 2. The Labute approximate surface area is 129 Å². The first-order valence-electron chi connectivity index (χ1n) is 6.80. The van der Waals surface area contributed by atoms with Gasteiger partial charge in [-0.05, 0) is 36.8 Å². The zero-order valence-electron chi connectivity index (χ0n) is 12.2. The minimum absolute atomic E-state index is 0.0233. The van der Waals surface area contributed by atoms with Crippen molar-refractivity contribution in [1.82, 2.24) is 5.32 Å². The molecule has 2 aromatic rings. The molecule has 0 spiro atoms. The molecule has 2 aromatic carbocycles. The lowest BCUT2D eigenvalue weighted by molar-refractivity contribution is -0.119. The zero-order chi connectivity index (χ0) is 15.1. The van der Waals surface area contributed by atoms with Gasteiger partial charge in [-0.2, -0.15) is 0 Å². The number of hydrogen-bond acceptors (Lipinski definition) is 3. The van der Waals surface area contributed by atoms with Gasteiger partial charge >= 0.3 is 0 Å². The fraction of sp³-hybridized carbons (Fsp3) is 0.235. The van der Waals surface area contributed by atoms with E-state index in [0.717, 1.165) is 16.2 Å². The molecule has 1 unspecified atom stereocenters. The van der Waals surface area contributed by atoms with Gasteiger partial charge in [0.2, 0.25) is 5.91 Å². The fourth-order valence-corrected chi connectivity index (χ4v) is 2.64. The van der Waals surface area contributed by atoms with E-state index in [1.807, 2.05) is 61.5 Å². The Morgan fingerprint density at radius 2 is 1.81 bits per heavy atom. The number of thioether (sulfide) groups is 1. The number of ether oxygens (including phenoxy) is 1. The van der Waals surface area contributed by atoms with E-state index in [-0.39, 0.29) is 11.9 Å². The van der Waals surface area contributed by atoms with E-state index in [4.69, 9.17) is 4.74 Å². The highest BCUT2D eigenvalue weighted by atomic mass is 32.2. The lowest BCUT2D eigenvalue weighted by atomic mass is 10.1. The minimum Gasteiger partial charge on any atom is -0.497 e. The molecule has 0 aliphatic rings. The second kappa shape index (κ2) is 7.74. The number of rotatable bonds is 6. The molecular weight excluding hydrogens is 282 g/mol. The van der Waals surface area contributed by atoms with E-state index < -0.39 is 0 Å². The van der Waals surface area contributed by atoms with Crippen LogP contribution in [-0.2, 0) is 4.79 Å². The Kier molecular flexibility index (Phi) is 5.69. The lowest BCUT2D eigenvalue weighted by Gasteiger charge is -2.14. The van der Waals surface area contributed by atoms with E-state index in [1.165, 1.54) is 11.8 Å².